The Labute approximate surface area is 258 Å². The van der Waals surface area contributed by atoms with Gasteiger partial charge in [0.25, 0.3) is 5.91 Å². The van der Waals surface area contributed by atoms with Crippen LogP contribution in [0.15, 0.2) is 65.7 Å². The highest BCUT2D eigenvalue weighted by Crippen LogP contribution is 2.34. The number of nitrogens with zero attached hydrogens (tertiary/aromatic N) is 3. The van der Waals surface area contributed by atoms with E-state index in [0.29, 0.717) is 36.5 Å². The van der Waals surface area contributed by atoms with Crippen LogP contribution in [0.25, 0.3) is 0 Å². The zero-order chi connectivity index (χ0) is 32.1. The Hall–Kier alpha value is -3.93. The minimum absolute atomic E-state index is 0.106. The van der Waals surface area contributed by atoms with E-state index in [4.69, 9.17) is 9.47 Å². The van der Waals surface area contributed by atoms with Crippen molar-refractivity contribution in [3.63, 3.8) is 0 Å². The summed E-state index contributed by atoms with van der Waals surface area (Å²) >= 11 is 0. The Bertz CT molecular complexity index is 1550. The normalized spacial score (nSPS) is 17.3. The van der Waals surface area contributed by atoms with E-state index < -0.39 is 46.0 Å². The van der Waals surface area contributed by atoms with E-state index in [9.17, 15) is 22.4 Å². The summed E-state index contributed by atoms with van der Waals surface area (Å²) < 4.78 is 50.2. The molecule has 1 atom stereocenters. The first-order valence-electron chi connectivity index (χ1n) is 14.6. The summed E-state index contributed by atoms with van der Waals surface area (Å²) in [7, 11) is -1.83. The number of rotatable bonds is 13. The molecule has 0 radical (unpaired) electrons. The third-order valence-electron chi connectivity index (χ3n) is 7.68. The molecule has 1 unspecified atom stereocenters. The Morgan fingerprint density at radius 1 is 1.11 bits per heavy atom. The minimum Gasteiger partial charge on any atom is -0.496 e. The average Bonchev–Trinajstić information content (AvgIpc) is 3.45. The zero-order valence-corrected chi connectivity index (χ0v) is 26.6. The maximum absolute atomic E-state index is 14.1. The van der Waals surface area contributed by atoms with Gasteiger partial charge in [-0.25, -0.2) is 12.8 Å². The molecule has 238 valence electrons. The van der Waals surface area contributed by atoms with Gasteiger partial charge in [0.1, 0.15) is 17.7 Å². The predicted molar refractivity (Wildman–Crippen MR) is 164 cm³/mol. The van der Waals surface area contributed by atoms with Crippen LogP contribution in [-0.4, -0.2) is 67.6 Å². The molecular weight excluding hydrogens is 587 g/mol. The molecule has 0 saturated heterocycles. The molecular formula is C32H41FN4O6S. The molecule has 1 saturated carbocycles. The Kier molecular flexibility index (Phi) is 10.3. The van der Waals surface area contributed by atoms with Gasteiger partial charge in [-0.1, -0.05) is 18.2 Å². The number of ether oxygens (including phenoxy) is 2. The van der Waals surface area contributed by atoms with Gasteiger partial charge >= 0.3 is 0 Å². The van der Waals surface area contributed by atoms with Crippen LogP contribution < -0.4 is 14.8 Å². The van der Waals surface area contributed by atoms with Crippen molar-refractivity contribution in [2.24, 2.45) is 5.92 Å². The monoisotopic (exact) mass is 628 g/mol. The van der Waals surface area contributed by atoms with E-state index in [-0.39, 0.29) is 23.9 Å². The number of carbonyl (C=O) groups excluding carboxylic acids is 2. The standard InChI is InChI=1S/C32H41FN4O6S/c1-32(2,3)37-27(14-16-35-37)30(31(39)34-20-23-8-6-7-9-28(23)42-4)36(17-15-22-18-24(33)19-22)29(38)21-43-25-10-12-26(13-11-25)44(5,40)41/h6-14,16,22,24,30H,15,17-21H2,1-5H3,(H,34,39). The molecule has 2 aromatic carbocycles. The van der Waals surface area contributed by atoms with Gasteiger partial charge in [-0.3, -0.25) is 14.3 Å². The lowest BCUT2D eigenvalue weighted by molar-refractivity contribution is -0.143. The predicted octanol–water partition coefficient (Wildman–Crippen LogP) is 4.45. The highest BCUT2D eigenvalue weighted by molar-refractivity contribution is 7.90. The maximum Gasteiger partial charge on any atom is 0.261 e. The molecule has 1 aliphatic rings. The first-order chi connectivity index (χ1) is 20.8. The van der Waals surface area contributed by atoms with E-state index in [1.807, 2.05) is 39.0 Å². The number of benzene rings is 2. The van der Waals surface area contributed by atoms with Crippen molar-refractivity contribution < 1.29 is 31.9 Å². The number of para-hydroxylation sites is 1. The summed E-state index contributed by atoms with van der Waals surface area (Å²) in [5.74, 6) is 0.173. The maximum atomic E-state index is 14.1. The molecule has 10 nitrogen and oxygen atoms in total. The van der Waals surface area contributed by atoms with E-state index in [1.54, 1.807) is 30.1 Å². The quantitative estimate of drug-likeness (QED) is 0.297. The fraction of sp³-hybridized carbons (Fsp3) is 0.469. The van der Waals surface area contributed by atoms with Crippen LogP contribution in [0.3, 0.4) is 0 Å². The highest BCUT2D eigenvalue weighted by atomic mass is 32.2. The topological polar surface area (TPSA) is 120 Å². The number of amides is 2. The van der Waals surface area contributed by atoms with Crippen LogP contribution in [0.4, 0.5) is 4.39 Å². The van der Waals surface area contributed by atoms with Gasteiger partial charge in [0.05, 0.1) is 23.2 Å². The van der Waals surface area contributed by atoms with Crippen molar-refractivity contribution in [1.29, 1.82) is 0 Å². The average molecular weight is 629 g/mol. The van der Waals surface area contributed by atoms with Crippen molar-refractivity contribution >= 4 is 21.7 Å². The van der Waals surface area contributed by atoms with Gasteiger partial charge in [-0.05, 0) is 82.3 Å². The summed E-state index contributed by atoms with van der Waals surface area (Å²) in [5, 5.41) is 7.46. The molecule has 1 aromatic heterocycles. The van der Waals surface area contributed by atoms with Crippen LogP contribution >= 0.6 is 0 Å². The summed E-state index contributed by atoms with van der Waals surface area (Å²) in [4.78, 5) is 29.6. The second-order valence-corrected chi connectivity index (χ2v) is 14.1. The lowest BCUT2D eigenvalue weighted by Crippen LogP contribution is -2.48. The molecule has 1 N–H and O–H groups in total. The molecule has 0 aliphatic heterocycles. The van der Waals surface area contributed by atoms with Gasteiger partial charge in [0.15, 0.2) is 22.5 Å². The first-order valence-corrected chi connectivity index (χ1v) is 16.5. The second-order valence-electron chi connectivity index (χ2n) is 12.1. The highest BCUT2D eigenvalue weighted by Gasteiger charge is 2.37. The van der Waals surface area contributed by atoms with E-state index >= 15 is 0 Å². The second kappa shape index (κ2) is 13.8. The van der Waals surface area contributed by atoms with Gasteiger partial charge < -0.3 is 19.7 Å². The van der Waals surface area contributed by atoms with Gasteiger partial charge in [-0.15, -0.1) is 0 Å². The van der Waals surface area contributed by atoms with Gasteiger partial charge in [0, 0.05) is 31.1 Å². The summed E-state index contributed by atoms with van der Waals surface area (Å²) in [6, 6.07) is 13.8. The number of halogens is 1. The molecule has 3 aromatic rings. The third-order valence-corrected chi connectivity index (χ3v) is 8.81. The summed E-state index contributed by atoms with van der Waals surface area (Å²) in [5.41, 5.74) is 0.800. The fourth-order valence-electron chi connectivity index (χ4n) is 5.27. The number of alkyl halides is 1. The number of sulfone groups is 1. The van der Waals surface area contributed by atoms with E-state index in [1.165, 1.54) is 29.2 Å². The summed E-state index contributed by atoms with van der Waals surface area (Å²) in [6.45, 7) is 5.85. The summed E-state index contributed by atoms with van der Waals surface area (Å²) in [6.07, 6.45) is 3.24. The number of hydrogen-bond acceptors (Lipinski definition) is 7. The van der Waals surface area contributed by atoms with Crippen molar-refractivity contribution in [3.8, 4) is 11.5 Å². The minimum atomic E-state index is -3.39. The SMILES string of the molecule is COc1ccccc1CNC(=O)C(c1ccnn1C(C)(C)C)N(CCC1CC(F)C1)C(=O)COc1ccc(S(C)(=O)=O)cc1. The van der Waals surface area contributed by atoms with Crippen molar-refractivity contribution in [1.82, 2.24) is 20.0 Å². The zero-order valence-electron chi connectivity index (χ0n) is 25.8. The Morgan fingerprint density at radius 2 is 1.80 bits per heavy atom. The number of carbonyl (C=O) groups is 2. The fourth-order valence-corrected chi connectivity index (χ4v) is 5.90. The number of hydrogen-bond donors (Lipinski definition) is 1. The van der Waals surface area contributed by atoms with Crippen LogP contribution in [0.5, 0.6) is 11.5 Å². The van der Waals surface area contributed by atoms with Crippen molar-refractivity contribution in [2.75, 3.05) is 26.5 Å². The number of aromatic nitrogens is 2. The Balaban J connectivity index is 1.63. The van der Waals surface area contributed by atoms with Crippen molar-refractivity contribution in [2.45, 2.75) is 69.2 Å². The number of methoxy groups -OCH3 is 1. The Morgan fingerprint density at radius 3 is 2.41 bits per heavy atom. The van der Waals surface area contributed by atoms with E-state index in [0.717, 1.165) is 11.8 Å². The van der Waals surface area contributed by atoms with Crippen molar-refractivity contribution in [3.05, 3.63) is 72.1 Å². The molecule has 0 bridgehead atoms. The molecule has 1 heterocycles. The third kappa shape index (κ3) is 8.16. The smallest absolute Gasteiger partial charge is 0.261 e. The van der Waals surface area contributed by atoms with E-state index in [2.05, 4.69) is 10.4 Å². The van der Waals surface area contributed by atoms with Crippen LogP contribution in [0, 0.1) is 5.92 Å². The molecule has 12 heteroatoms. The van der Waals surface area contributed by atoms with Crippen LogP contribution in [-0.2, 0) is 31.5 Å². The molecule has 1 aliphatic carbocycles. The molecule has 2 amide bonds. The van der Waals surface area contributed by atoms with Gasteiger partial charge in [-0.2, -0.15) is 5.10 Å². The first kappa shape index (κ1) is 33.0. The van der Waals surface area contributed by atoms with Gasteiger partial charge in [0.2, 0.25) is 5.91 Å². The van der Waals surface area contributed by atoms with Crippen LogP contribution in [0.1, 0.15) is 57.3 Å². The number of nitrogens with one attached hydrogen (secondary N) is 1. The lowest BCUT2D eigenvalue weighted by Gasteiger charge is -2.36. The van der Waals surface area contributed by atoms with Crippen LogP contribution in [0.2, 0.25) is 0 Å². The molecule has 4 rings (SSSR count). The molecule has 44 heavy (non-hydrogen) atoms. The molecule has 0 spiro atoms. The molecule has 1 fully saturated rings. The largest absolute Gasteiger partial charge is 0.496 e. The lowest BCUT2D eigenvalue weighted by atomic mass is 9.81.